The molecular formula is C20H25N5O3. The summed E-state index contributed by atoms with van der Waals surface area (Å²) < 4.78 is 7.24. The van der Waals surface area contributed by atoms with E-state index in [9.17, 15) is 9.59 Å². The van der Waals surface area contributed by atoms with Gasteiger partial charge in [0, 0.05) is 30.9 Å². The molecule has 28 heavy (non-hydrogen) atoms. The largest absolute Gasteiger partial charge is 0.458 e. The molecule has 1 amide bonds. The number of hydrogen-bond donors (Lipinski definition) is 0. The van der Waals surface area contributed by atoms with Crippen molar-refractivity contribution in [2.24, 2.45) is 0 Å². The average Bonchev–Trinajstić information content (AvgIpc) is 3.56. The first-order valence-electron chi connectivity index (χ1n) is 9.94. The monoisotopic (exact) mass is 383 g/mol. The molecule has 0 aromatic carbocycles. The molecule has 8 nitrogen and oxygen atoms in total. The number of amides is 1. The highest BCUT2D eigenvalue weighted by atomic mass is 16.5. The normalized spacial score (nSPS) is 19.5. The van der Waals surface area contributed by atoms with E-state index in [2.05, 4.69) is 15.0 Å². The predicted octanol–water partition coefficient (Wildman–Crippen LogP) is 1.54. The van der Waals surface area contributed by atoms with Gasteiger partial charge in [-0.05, 0) is 37.7 Å². The van der Waals surface area contributed by atoms with Crippen LogP contribution in [0.1, 0.15) is 49.8 Å². The second-order valence-corrected chi connectivity index (χ2v) is 7.50. The van der Waals surface area contributed by atoms with Crippen LogP contribution in [0, 0.1) is 0 Å². The molecule has 4 rings (SSSR count). The van der Waals surface area contributed by atoms with Crippen molar-refractivity contribution in [3.63, 3.8) is 0 Å². The van der Waals surface area contributed by atoms with Crippen LogP contribution >= 0.6 is 0 Å². The molecule has 1 aliphatic carbocycles. The summed E-state index contributed by atoms with van der Waals surface area (Å²) in [5, 5.41) is 0. The highest BCUT2D eigenvalue weighted by Gasteiger charge is 2.27. The third kappa shape index (κ3) is 4.37. The van der Waals surface area contributed by atoms with Crippen LogP contribution in [-0.2, 0) is 17.8 Å². The van der Waals surface area contributed by atoms with Gasteiger partial charge in [0.2, 0.25) is 5.91 Å². The number of aryl methyl sites for hydroxylation is 1. The van der Waals surface area contributed by atoms with Crippen LogP contribution in [0.3, 0.4) is 0 Å². The van der Waals surface area contributed by atoms with Gasteiger partial charge in [0.1, 0.15) is 12.6 Å². The van der Waals surface area contributed by atoms with Gasteiger partial charge in [-0.3, -0.25) is 14.2 Å². The van der Waals surface area contributed by atoms with Crippen LogP contribution < -0.4 is 10.3 Å². The molecule has 1 atom stereocenters. The molecule has 1 unspecified atom stereocenters. The molecule has 1 aliphatic heterocycles. The molecule has 148 valence electrons. The van der Waals surface area contributed by atoms with E-state index in [0.717, 1.165) is 43.4 Å². The SMILES string of the molecule is CCc1cnc(OC2CCCN(C(=O)Cn3cnc(C4CC4)cc3=O)C2)nc1. The lowest BCUT2D eigenvalue weighted by atomic mass is 10.1. The molecule has 2 aromatic rings. The molecule has 0 bridgehead atoms. The number of ether oxygens (including phenoxy) is 1. The summed E-state index contributed by atoms with van der Waals surface area (Å²) in [6.07, 6.45) is 9.63. The third-order valence-corrected chi connectivity index (χ3v) is 5.29. The van der Waals surface area contributed by atoms with Gasteiger partial charge in [0.05, 0.1) is 18.6 Å². The van der Waals surface area contributed by atoms with Crippen molar-refractivity contribution in [1.82, 2.24) is 24.4 Å². The maximum atomic E-state index is 12.7. The van der Waals surface area contributed by atoms with Crippen molar-refractivity contribution in [2.45, 2.75) is 57.6 Å². The van der Waals surface area contributed by atoms with E-state index >= 15 is 0 Å². The first-order chi connectivity index (χ1) is 13.6. The highest BCUT2D eigenvalue weighted by Crippen LogP contribution is 2.38. The molecule has 2 aromatic heterocycles. The van der Waals surface area contributed by atoms with Gasteiger partial charge < -0.3 is 9.64 Å². The number of rotatable bonds is 6. The Labute approximate surface area is 163 Å². The fourth-order valence-electron chi connectivity index (χ4n) is 3.40. The van der Waals surface area contributed by atoms with E-state index in [1.54, 1.807) is 23.4 Å². The Morgan fingerprint density at radius 1 is 1.21 bits per heavy atom. The van der Waals surface area contributed by atoms with Crippen LogP contribution in [-0.4, -0.2) is 49.5 Å². The van der Waals surface area contributed by atoms with Crippen LogP contribution in [0.4, 0.5) is 0 Å². The van der Waals surface area contributed by atoms with Gasteiger partial charge in [-0.1, -0.05) is 6.92 Å². The number of nitrogens with zero attached hydrogens (tertiary/aromatic N) is 5. The zero-order chi connectivity index (χ0) is 19.5. The quantitative estimate of drug-likeness (QED) is 0.752. The average molecular weight is 383 g/mol. The van der Waals surface area contributed by atoms with E-state index in [-0.39, 0.29) is 24.1 Å². The van der Waals surface area contributed by atoms with Crippen molar-refractivity contribution >= 4 is 5.91 Å². The highest BCUT2D eigenvalue weighted by molar-refractivity contribution is 5.76. The Balaban J connectivity index is 1.35. The van der Waals surface area contributed by atoms with Crippen molar-refractivity contribution in [3.8, 4) is 6.01 Å². The van der Waals surface area contributed by atoms with Crippen LogP contribution in [0.5, 0.6) is 6.01 Å². The number of carbonyl (C=O) groups excluding carboxylic acids is 1. The fraction of sp³-hybridized carbons (Fsp3) is 0.550. The Morgan fingerprint density at radius 2 is 2.00 bits per heavy atom. The molecule has 1 saturated heterocycles. The molecule has 8 heteroatoms. The van der Waals surface area contributed by atoms with Gasteiger partial charge in [-0.2, -0.15) is 0 Å². The van der Waals surface area contributed by atoms with Crippen molar-refractivity contribution in [1.29, 1.82) is 0 Å². The Hall–Kier alpha value is -2.77. The lowest BCUT2D eigenvalue weighted by Gasteiger charge is -2.32. The van der Waals surface area contributed by atoms with Crippen molar-refractivity contribution < 1.29 is 9.53 Å². The Morgan fingerprint density at radius 3 is 2.68 bits per heavy atom. The minimum absolute atomic E-state index is 0.00516. The molecule has 3 heterocycles. The molecule has 0 N–H and O–H groups in total. The number of hydrogen-bond acceptors (Lipinski definition) is 6. The van der Waals surface area contributed by atoms with Gasteiger partial charge in [0.25, 0.3) is 5.56 Å². The number of likely N-dealkylation sites (tertiary alicyclic amines) is 1. The van der Waals surface area contributed by atoms with E-state index < -0.39 is 0 Å². The number of aromatic nitrogens is 4. The van der Waals surface area contributed by atoms with Crippen molar-refractivity contribution in [2.75, 3.05) is 13.1 Å². The lowest BCUT2D eigenvalue weighted by molar-refractivity contribution is -0.134. The van der Waals surface area contributed by atoms with E-state index in [1.165, 1.54) is 10.9 Å². The molecule has 0 radical (unpaired) electrons. The first kappa shape index (κ1) is 18.6. The van der Waals surface area contributed by atoms with Crippen LogP contribution in [0.15, 0.2) is 29.6 Å². The zero-order valence-corrected chi connectivity index (χ0v) is 16.1. The number of piperidine rings is 1. The maximum Gasteiger partial charge on any atom is 0.316 e. The lowest BCUT2D eigenvalue weighted by Crippen LogP contribution is -2.46. The molecule has 2 aliphatic rings. The van der Waals surface area contributed by atoms with E-state index in [4.69, 9.17) is 4.74 Å². The summed E-state index contributed by atoms with van der Waals surface area (Å²) in [6, 6.07) is 1.90. The van der Waals surface area contributed by atoms with Crippen LogP contribution in [0.25, 0.3) is 0 Å². The zero-order valence-electron chi connectivity index (χ0n) is 16.1. The van der Waals surface area contributed by atoms with Crippen LogP contribution in [0.2, 0.25) is 0 Å². The maximum absolute atomic E-state index is 12.7. The smallest absolute Gasteiger partial charge is 0.316 e. The fourth-order valence-corrected chi connectivity index (χ4v) is 3.40. The third-order valence-electron chi connectivity index (χ3n) is 5.29. The topological polar surface area (TPSA) is 90.2 Å². The Bertz CT molecular complexity index is 891. The molecule has 2 fully saturated rings. The summed E-state index contributed by atoms with van der Waals surface area (Å²) in [5.41, 5.74) is 1.73. The summed E-state index contributed by atoms with van der Waals surface area (Å²) in [7, 11) is 0. The first-order valence-corrected chi connectivity index (χ1v) is 9.94. The van der Waals surface area contributed by atoms with Gasteiger partial charge >= 0.3 is 6.01 Å². The summed E-state index contributed by atoms with van der Waals surface area (Å²) >= 11 is 0. The summed E-state index contributed by atoms with van der Waals surface area (Å²) in [5.74, 6) is 0.324. The van der Waals surface area contributed by atoms with Gasteiger partial charge in [-0.25, -0.2) is 15.0 Å². The summed E-state index contributed by atoms with van der Waals surface area (Å²) in [4.78, 5) is 39.5. The molecular weight excluding hydrogens is 358 g/mol. The standard InChI is InChI=1S/C20H25N5O3/c1-2-14-9-21-20(22-10-14)28-16-4-3-7-24(11-16)19(27)12-25-13-23-17(8-18(25)26)15-5-6-15/h8-10,13,15-16H,2-7,11-12H2,1H3. The van der Waals surface area contributed by atoms with Gasteiger partial charge in [-0.15, -0.1) is 0 Å². The van der Waals surface area contributed by atoms with Crippen molar-refractivity contribution in [3.05, 3.63) is 46.4 Å². The molecule has 0 spiro atoms. The van der Waals surface area contributed by atoms with Gasteiger partial charge in [0.15, 0.2) is 0 Å². The van der Waals surface area contributed by atoms with E-state index in [0.29, 0.717) is 25.0 Å². The predicted molar refractivity (Wildman–Crippen MR) is 102 cm³/mol. The minimum atomic E-state index is -0.167. The van der Waals surface area contributed by atoms with E-state index in [1.807, 2.05) is 6.92 Å². The summed E-state index contributed by atoms with van der Waals surface area (Å²) in [6.45, 7) is 3.19. The Kier molecular flexibility index (Phi) is 5.36. The molecule has 1 saturated carbocycles. The minimum Gasteiger partial charge on any atom is -0.458 e. The second kappa shape index (κ2) is 8.08. The number of carbonyl (C=O) groups is 1. The second-order valence-electron chi connectivity index (χ2n) is 7.50.